The third-order valence-electron chi connectivity index (χ3n) is 1.57. The summed E-state index contributed by atoms with van der Waals surface area (Å²) in [6.07, 6.45) is 3.95. The van der Waals surface area contributed by atoms with E-state index in [4.69, 9.17) is 0 Å². The van der Waals surface area contributed by atoms with Crippen molar-refractivity contribution in [2.24, 2.45) is 5.92 Å². The van der Waals surface area contributed by atoms with Gasteiger partial charge in [-0.15, -0.1) is 0 Å². The third kappa shape index (κ3) is 7.31. The van der Waals surface area contributed by atoms with Crippen molar-refractivity contribution in [1.82, 2.24) is 0 Å². The van der Waals surface area contributed by atoms with Gasteiger partial charge in [-0.25, -0.2) is 0 Å². The van der Waals surface area contributed by atoms with Gasteiger partial charge in [-0.2, -0.15) is 0 Å². The molecule has 0 bridgehead atoms. The fourth-order valence-corrected chi connectivity index (χ4v) is 0.936. The molecule has 0 N–H and O–H groups in total. The van der Waals surface area contributed by atoms with E-state index in [1.165, 1.54) is 12.0 Å². The number of hydrogen-bond donors (Lipinski definition) is 0. The molecular weight excluding hydrogens is 136 g/mol. The number of allylic oxidation sites excluding steroid dienone is 2. The van der Waals surface area contributed by atoms with Crippen molar-refractivity contribution in [2.75, 3.05) is 0 Å². The smallest absolute Gasteiger partial charge is 0.152 e. The molecule has 0 radical (unpaired) electrons. The van der Waals surface area contributed by atoms with E-state index in [1.807, 2.05) is 6.92 Å². The monoisotopic (exact) mass is 154 g/mol. The molecule has 11 heavy (non-hydrogen) atoms. The molecule has 0 atom stereocenters. The molecule has 1 heteroatoms. The number of rotatable bonds is 4. The SMILES string of the molecule is CC(=O)C=C(C)CCC(C)C. The Balaban J connectivity index is 3.68. The van der Waals surface area contributed by atoms with Crippen LogP contribution in [0.4, 0.5) is 0 Å². The van der Waals surface area contributed by atoms with Gasteiger partial charge in [0.05, 0.1) is 0 Å². The molecule has 0 rings (SSSR count). The van der Waals surface area contributed by atoms with E-state index in [9.17, 15) is 4.79 Å². The van der Waals surface area contributed by atoms with Crippen molar-refractivity contribution in [1.29, 1.82) is 0 Å². The van der Waals surface area contributed by atoms with E-state index >= 15 is 0 Å². The lowest BCUT2D eigenvalue weighted by molar-refractivity contribution is -0.112. The Morgan fingerprint density at radius 2 is 1.91 bits per heavy atom. The van der Waals surface area contributed by atoms with Crippen LogP contribution in [0.1, 0.15) is 40.5 Å². The third-order valence-corrected chi connectivity index (χ3v) is 1.57. The molecule has 0 heterocycles. The Bertz CT molecular complexity index is 154. The molecule has 0 unspecified atom stereocenters. The molecule has 0 amide bonds. The highest BCUT2D eigenvalue weighted by atomic mass is 16.1. The van der Waals surface area contributed by atoms with E-state index < -0.39 is 0 Å². The van der Waals surface area contributed by atoms with E-state index in [0.29, 0.717) is 0 Å². The van der Waals surface area contributed by atoms with Gasteiger partial charge in [0.15, 0.2) is 5.78 Å². The van der Waals surface area contributed by atoms with Gasteiger partial charge in [0, 0.05) is 0 Å². The summed E-state index contributed by atoms with van der Waals surface area (Å²) in [7, 11) is 0. The van der Waals surface area contributed by atoms with Crippen molar-refractivity contribution >= 4 is 5.78 Å². The summed E-state index contributed by atoms with van der Waals surface area (Å²) < 4.78 is 0. The minimum atomic E-state index is 0.159. The van der Waals surface area contributed by atoms with E-state index in [1.54, 1.807) is 13.0 Å². The van der Waals surface area contributed by atoms with E-state index in [0.717, 1.165) is 12.3 Å². The van der Waals surface area contributed by atoms with Crippen LogP contribution in [-0.4, -0.2) is 5.78 Å². The zero-order valence-electron chi connectivity index (χ0n) is 7.98. The molecule has 0 fully saturated rings. The van der Waals surface area contributed by atoms with Crippen LogP contribution in [0.2, 0.25) is 0 Å². The number of hydrogen-bond acceptors (Lipinski definition) is 1. The van der Waals surface area contributed by atoms with Gasteiger partial charge in [0.1, 0.15) is 0 Å². The fraction of sp³-hybridized carbons (Fsp3) is 0.700. The van der Waals surface area contributed by atoms with Gasteiger partial charge >= 0.3 is 0 Å². The molecule has 0 saturated heterocycles. The predicted octanol–water partition coefficient (Wildman–Crippen LogP) is 2.96. The van der Waals surface area contributed by atoms with Crippen LogP contribution in [0.5, 0.6) is 0 Å². The highest BCUT2D eigenvalue weighted by Gasteiger charge is 1.95. The molecule has 64 valence electrons. The molecular formula is C10H18O. The maximum Gasteiger partial charge on any atom is 0.152 e. The van der Waals surface area contributed by atoms with Crippen LogP contribution in [0.25, 0.3) is 0 Å². The van der Waals surface area contributed by atoms with Gasteiger partial charge in [-0.1, -0.05) is 19.4 Å². The lowest BCUT2D eigenvalue weighted by atomic mass is 10.0. The van der Waals surface area contributed by atoms with Crippen molar-refractivity contribution in [3.63, 3.8) is 0 Å². The van der Waals surface area contributed by atoms with Gasteiger partial charge in [0.2, 0.25) is 0 Å². The Hall–Kier alpha value is -0.590. The van der Waals surface area contributed by atoms with Crippen molar-refractivity contribution in [3.05, 3.63) is 11.6 Å². The Morgan fingerprint density at radius 3 is 2.27 bits per heavy atom. The minimum Gasteiger partial charge on any atom is -0.295 e. The Kier molecular flexibility index (Phi) is 4.84. The molecule has 0 aromatic carbocycles. The number of carbonyl (C=O) groups is 1. The zero-order valence-corrected chi connectivity index (χ0v) is 7.98. The molecule has 1 nitrogen and oxygen atoms in total. The van der Waals surface area contributed by atoms with E-state index in [2.05, 4.69) is 13.8 Å². The average Bonchev–Trinajstić information content (AvgIpc) is 1.82. The first kappa shape index (κ1) is 10.4. The summed E-state index contributed by atoms with van der Waals surface area (Å²) in [5.74, 6) is 0.886. The maximum atomic E-state index is 10.6. The summed E-state index contributed by atoms with van der Waals surface area (Å²) in [6, 6.07) is 0. The quantitative estimate of drug-likeness (QED) is 0.569. The molecule has 0 aliphatic carbocycles. The summed E-state index contributed by atoms with van der Waals surface area (Å²) in [6.45, 7) is 8.00. The normalized spacial score (nSPS) is 12.3. The summed E-state index contributed by atoms with van der Waals surface area (Å²) in [4.78, 5) is 10.6. The van der Waals surface area contributed by atoms with Crippen LogP contribution < -0.4 is 0 Å². The highest BCUT2D eigenvalue weighted by molar-refractivity contribution is 5.87. The summed E-state index contributed by atoms with van der Waals surface area (Å²) >= 11 is 0. The fourth-order valence-electron chi connectivity index (χ4n) is 0.936. The van der Waals surface area contributed by atoms with Crippen molar-refractivity contribution in [2.45, 2.75) is 40.5 Å². The van der Waals surface area contributed by atoms with Crippen molar-refractivity contribution in [3.8, 4) is 0 Å². The molecule has 0 aromatic heterocycles. The summed E-state index contributed by atoms with van der Waals surface area (Å²) in [5.41, 5.74) is 1.20. The van der Waals surface area contributed by atoms with Crippen LogP contribution >= 0.6 is 0 Å². The Morgan fingerprint density at radius 1 is 1.36 bits per heavy atom. The van der Waals surface area contributed by atoms with Gasteiger partial charge < -0.3 is 0 Å². The zero-order chi connectivity index (χ0) is 8.85. The topological polar surface area (TPSA) is 17.1 Å². The van der Waals surface area contributed by atoms with Crippen LogP contribution in [0, 0.1) is 5.92 Å². The average molecular weight is 154 g/mol. The molecule has 0 aliphatic heterocycles. The standard InChI is InChI=1S/C10H18O/c1-8(2)5-6-9(3)7-10(4)11/h7-8H,5-6H2,1-4H3. The molecule has 0 saturated carbocycles. The second-order valence-electron chi connectivity index (χ2n) is 3.53. The largest absolute Gasteiger partial charge is 0.295 e. The van der Waals surface area contributed by atoms with Crippen LogP contribution in [-0.2, 0) is 4.79 Å². The van der Waals surface area contributed by atoms with Crippen LogP contribution in [0.3, 0.4) is 0 Å². The van der Waals surface area contributed by atoms with E-state index in [-0.39, 0.29) is 5.78 Å². The lowest BCUT2D eigenvalue weighted by Gasteiger charge is -2.03. The van der Waals surface area contributed by atoms with Crippen LogP contribution in [0.15, 0.2) is 11.6 Å². The molecule has 0 aromatic rings. The first-order valence-electron chi connectivity index (χ1n) is 4.20. The van der Waals surface area contributed by atoms with Gasteiger partial charge in [-0.3, -0.25) is 4.79 Å². The molecule has 0 spiro atoms. The van der Waals surface area contributed by atoms with Gasteiger partial charge in [0.25, 0.3) is 0 Å². The first-order chi connectivity index (χ1) is 5.02. The first-order valence-corrected chi connectivity index (χ1v) is 4.20. The maximum absolute atomic E-state index is 10.6. The second-order valence-corrected chi connectivity index (χ2v) is 3.53. The predicted molar refractivity (Wildman–Crippen MR) is 48.5 cm³/mol. The van der Waals surface area contributed by atoms with Gasteiger partial charge in [-0.05, 0) is 38.7 Å². The van der Waals surface area contributed by atoms with Crippen molar-refractivity contribution < 1.29 is 4.79 Å². The minimum absolute atomic E-state index is 0.159. The second kappa shape index (κ2) is 5.11. The number of ketones is 1. The Labute approximate surface area is 69.5 Å². The molecule has 0 aliphatic rings. The number of carbonyl (C=O) groups excluding carboxylic acids is 1. The highest BCUT2D eigenvalue weighted by Crippen LogP contribution is 2.10. The summed E-state index contributed by atoms with van der Waals surface area (Å²) in [5, 5.41) is 0. The lowest BCUT2D eigenvalue weighted by Crippen LogP contribution is -1.90.